The number of nitrogens with zero attached hydrogens (tertiary/aromatic N) is 1. The molecule has 110 valence electrons. The quantitative estimate of drug-likeness (QED) is 0.418. The standard InChI is InChI=1S/C16H13BI2N2O/c17-9-1-3-10(4-2-9)20-8-11-5-6-12-13(18)7-14(19)16(22)15(12)21-11/h1-7,20,22H,8,17H2. The normalized spacial score (nSPS) is 10.8. The predicted molar refractivity (Wildman–Crippen MR) is 111 cm³/mol. The molecule has 22 heavy (non-hydrogen) atoms. The van der Waals surface area contributed by atoms with Gasteiger partial charge >= 0.3 is 0 Å². The van der Waals surface area contributed by atoms with Gasteiger partial charge in [0.25, 0.3) is 0 Å². The van der Waals surface area contributed by atoms with E-state index in [1.807, 2.05) is 18.2 Å². The average molecular weight is 514 g/mol. The summed E-state index contributed by atoms with van der Waals surface area (Å²) in [6.45, 7) is 0.625. The van der Waals surface area contributed by atoms with E-state index in [0.717, 1.165) is 23.9 Å². The van der Waals surface area contributed by atoms with Crippen LogP contribution < -0.4 is 10.8 Å². The minimum absolute atomic E-state index is 0.258. The van der Waals surface area contributed by atoms with Crippen molar-refractivity contribution in [3.05, 3.63) is 55.3 Å². The van der Waals surface area contributed by atoms with Crippen molar-refractivity contribution < 1.29 is 5.11 Å². The molecule has 6 heteroatoms. The Morgan fingerprint density at radius 2 is 1.77 bits per heavy atom. The van der Waals surface area contributed by atoms with Crippen LogP contribution in [0.5, 0.6) is 5.75 Å². The summed E-state index contributed by atoms with van der Waals surface area (Å²) in [7, 11) is 2.07. The zero-order chi connectivity index (χ0) is 15.7. The first-order valence-corrected chi connectivity index (χ1v) is 8.97. The van der Waals surface area contributed by atoms with E-state index in [1.165, 1.54) is 5.46 Å². The highest BCUT2D eigenvalue weighted by Crippen LogP contribution is 2.32. The number of anilines is 1. The number of phenolic OH excluding ortho intramolecular Hbond substituents is 1. The molecule has 0 fully saturated rings. The van der Waals surface area contributed by atoms with E-state index in [4.69, 9.17) is 0 Å². The molecule has 0 saturated carbocycles. The van der Waals surface area contributed by atoms with E-state index in [2.05, 4.69) is 87.6 Å². The molecule has 2 N–H and O–H groups in total. The predicted octanol–water partition coefficient (Wildman–Crippen LogP) is 3.02. The number of aromatic hydroxyl groups is 1. The molecule has 0 amide bonds. The van der Waals surface area contributed by atoms with Gasteiger partial charge < -0.3 is 10.4 Å². The van der Waals surface area contributed by atoms with Crippen LogP contribution in [0.2, 0.25) is 0 Å². The fraction of sp³-hybridized carbons (Fsp3) is 0.0625. The Bertz CT molecular complexity index is 838. The Hall–Kier alpha value is -1.03. The van der Waals surface area contributed by atoms with Crippen molar-refractivity contribution in [1.82, 2.24) is 4.98 Å². The maximum atomic E-state index is 10.2. The highest BCUT2D eigenvalue weighted by molar-refractivity contribution is 14.1. The molecule has 3 rings (SSSR count). The zero-order valence-corrected chi connectivity index (χ0v) is 16.2. The number of hydrogen-bond donors (Lipinski definition) is 2. The monoisotopic (exact) mass is 514 g/mol. The van der Waals surface area contributed by atoms with Crippen LogP contribution in [0.25, 0.3) is 10.9 Å². The number of halogens is 2. The number of hydrogen-bond acceptors (Lipinski definition) is 3. The van der Waals surface area contributed by atoms with Crippen LogP contribution in [0.3, 0.4) is 0 Å². The first-order chi connectivity index (χ1) is 10.5. The van der Waals surface area contributed by atoms with Crippen molar-refractivity contribution in [1.29, 1.82) is 0 Å². The van der Waals surface area contributed by atoms with Crippen LogP contribution in [0.1, 0.15) is 5.69 Å². The van der Waals surface area contributed by atoms with Gasteiger partial charge in [-0.2, -0.15) is 0 Å². The topological polar surface area (TPSA) is 45.1 Å². The molecule has 0 spiro atoms. The Morgan fingerprint density at radius 1 is 1.05 bits per heavy atom. The molecular weight excluding hydrogens is 501 g/mol. The summed E-state index contributed by atoms with van der Waals surface area (Å²) in [4.78, 5) is 4.61. The van der Waals surface area contributed by atoms with Crippen LogP contribution in [0.4, 0.5) is 5.69 Å². The third-order valence-electron chi connectivity index (χ3n) is 3.44. The van der Waals surface area contributed by atoms with E-state index in [0.29, 0.717) is 12.1 Å². The summed E-state index contributed by atoms with van der Waals surface area (Å²) in [5.74, 6) is 0.258. The number of pyridine rings is 1. The van der Waals surface area contributed by atoms with Gasteiger partial charge in [0.1, 0.15) is 13.4 Å². The molecule has 0 bridgehead atoms. The summed E-state index contributed by atoms with van der Waals surface area (Å²) in [5, 5.41) is 14.6. The van der Waals surface area contributed by atoms with Crippen molar-refractivity contribution in [2.24, 2.45) is 0 Å². The van der Waals surface area contributed by atoms with Gasteiger partial charge in [-0.1, -0.05) is 17.6 Å². The second kappa shape index (κ2) is 6.61. The Morgan fingerprint density at radius 3 is 2.50 bits per heavy atom. The van der Waals surface area contributed by atoms with Crippen LogP contribution in [-0.2, 0) is 6.54 Å². The lowest BCUT2D eigenvalue weighted by molar-refractivity contribution is 0.476. The van der Waals surface area contributed by atoms with Crippen LogP contribution in [0, 0.1) is 7.14 Å². The molecule has 0 radical (unpaired) electrons. The lowest BCUT2D eigenvalue weighted by Gasteiger charge is -2.09. The van der Waals surface area contributed by atoms with E-state index < -0.39 is 0 Å². The van der Waals surface area contributed by atoms with E-state index in [9.17, 15) is 5.11 Å². The molecule has 3 nitrogen and oxygen atoms in total. The number of fused-ring (bicyclic) bond motifs is 1. The van der Waals surface area contributed by atoms with Gasteiger partial charge in [-0.3, -0.25) is 0 Å². The smallest absolute Gasteiger partial charge is 0.155 e. The largest absolute Gasteiger partial charge is 0.505 e. The zero-order valence-electron chi connectivity index (χ0n) is 11.9. The third kappa shape index (κ3) is 3.32. The molecule has 1 aromatic heterocycles. The molecule has 2 aromatic carbocycles. The number of benzene rings is 2. The first-order valence-electron chi connectivity index (χ1n) is 6.82. The highest BCUT2D eigenvalue weighted by atomic mass is 127. The molecule has 0 saturated heterocycles. The first kappa shape index (κ1) is 15.9. The SMILES string of the molecule is Bc1ccc(NCc2ccc3c(I)cc(I)c(O)c3n2)cc1. The summed E-state index contributed by atoms with van der Waals surface area (Å²) >= 11 is 4.41. The van der Waals surface area contributed by atoms with Gasteiger partial charge in [0.15, 0.2) is 5.75 Å². The van der Waals surface area contributed by atoms with Crippen LogP contribution in [-0.4, -0.2) is 17.9 Å². The van der Waals surface area contributed by atoms with Gasteiger partial charge in [0.05, 0.1) is 15.8 Å². The number of nitrogens with one attached hydrogen (secondary N) is 1. The van der Waals surface area contributed by atoms with Gasteiger partial charge in [-0.05, 0) is 75.5 Å². The van der Waals surface area contributed by atoms with Crippen LogP contribution >= 0.6 is 45.2 Å². The Balaban J connectivity index is 1.88. The Kier molecular flexibility index (Phi) is 4.77. The number of rotatable bonds is 3. The number of aromatic nitrogens is 1. The molecule has 1 heterocycles. The lowest BCUT2D eigenvalue weighted by Crippen LogP contribution is -2.05. The van der Waals surface area contributed by atoms with Crippen molar-refractivity contribution in [2.75, 3.05) is 5.32 Å². The molecular formula is C16H13BI2N2O. The second-order valence-corrected chi connectivity index (χ2v) is 7.43. The maximum absolute atomic E-state index is 10.2. The fourth-order valence-corrected chi connectivity index (χ4v) is 4.12. The number of phenols is 1. The molecule has 0 unspecified atom stereocenters. The van der Waals surface area contributed by atoms with Gasteiger partial charge in [0.2, 0.25) is 0 Å². The maximum Gasteiger partial charge on any atom is 0.155 e. The molecule has 0 atom stereocenters. The second-order valence-electron chi connectivity index (χ2n) is 5.11. The fourth-order valence-electron chi connectivity index (χ4n) is 2.21. The van der Waals surface area contributed by atoms with E-state index in [1.54, 1.807) is 0 Å². The molecule has 0 aliphatic carbocycles. The Labute approximate surface area is 157 Å². The minimum atomic E-state index is 0.258. The van der Waals surface area contributed by atoms with Gasteiger partial charge in [-0.15, -0.1) is 0 Å². The molecule has 3 aromatic rings. The summed E-state index contributed by atoms with van der Waals surface area (Å²) in [5.41, 5.74) is 3.87. The van der Waals surface area contributed by atoms with Crippen LogP contribution in [0.15, 0.2) is 42.5 Å². The minimum Gasteiger partial charge on any atom is -0.505 e. The van der Waals surface area contributed by atoms with E-state index in [-0.39, 0.29) is 5.75 Å². The summed E-state index contributed by atoms with van der Waals surface area (Å²) in [6.07, 6.45) is 0. The molecule has 0 aliphatic heterocycles. The van der Waals surface area contributed by atoms with Gasteiger partial charge in [-0.25, -0.2) is 4.98 Å². The molecule has 0 aliphatic rings. The summed E-state index contributed by atoms with van der Waals surface area (Å²) < 4.78 is 1.92. The average Bonchev–Trinajstić information content (AvgIpc) is 2.52. The lowest BCUT2D eigenvalue weighted by atomic mass is 9.96. The third-order valence-corrected chi connectivity index (χ3v) is 5.15. The van der Waals surface area contributed by atoms with Crippen molar-refractivity contribution >= 4 is 75.1 Å². The van der Waals surface area contributed by atoms with Gasteiger partial charge in [0, 0.05) is 14.6 Å². The van der Waals surface area contributed by atoms with E-state index >= 15 is 0 Å². The summed E-state index contributed by atoms with van der Waals surface area (Å²) in [6, 6.07) is 14.2. The van der Waals surface area contributed by atoms with Crippen molar-refractivity contribution in [3.8, 4) is 5.75 Å². The highest BCUT2D eigenvalue weighted by Gasteiger charge is 2.10. The van der Waals surface area contributed by atoms with Crippen molar-refractivity contribution in [2.45, 2.75) is 6.54 Å². The van der Waals surface area contributed by atoms with Crippen molar-refractivity contribution in [3.63, 3.8) is 0 Å².